The number of hydrogen-bond acceptors (Lipinski definition) is 7. The molecule has 0 aliphatic carbocycles. The van der Waals surface area contributed by atoms with E-state index < -0.39 is 0 Å². The van der Waals surface area contributed by atoms with Crippen LogP contribution in [0.15, 0.2) is 33.9 Å². The summed E-state index contributed by atoms with van der Waals surface area (Å²) in [6.45, 7) is 9.25. The first kappa shape index (κ1) is 18.8. The minimum atomic E-state index is 0.144. The molecule has 142 valence electrons. The van der Waals surface area contributed by atoms with E-state index in [0.717, 1.165) is 29.0 Å². The number of anilines is 2. The van der Waals surface area contributed by atoms with Crippen LogP contribution in [0.25, 0.3) is 11.1 Å². The average molecular weight is 366 g/mol. The summed E-state index contributed by atoms with van der Waals surface area (Å²) >= 11 is 0. The number of hydrogen-bond donors (Lipinski definition) is 2. The number of nitrogen functional groups attached to an aromatic ring is 2. The summed E-state index contributed by atoms with van der Waals surface area (Å²) in [5, 5.41) is 0. The zero-order chi connectivity index (χ0) is 19.6. The number of nitrogens with zero attached hydrogens (tertiary/aromatic N) is 4. The van der Waals surface area contributed by atoms with Gasteiger partial charge in [0, 0.05) is 12.1 Å². The van der Waals surface area contributed by atoms with Crippen LogP contribution < -0.4 is 11.5 Å². The Morgan fingerprint density at radius 1 is 1.22 bits per heavy atom. The van der Waals surface area contributed by atoms with E-state index in [2.05, 4.69) is 35.7 Å². The first-order chi connectivity index (χ1) is 12.9. The van der Waals surface area contributed by atoms with Crippen molar-refractivity contribution in [3.8, 4) is 0 Å². The zero-order valence-corrected chi connectivity index (χ0v) is 16.2. The van der Waals surface area contributed by atoms with Crippen LogP contribution >= 0.6 is 0 Å². The minimum Gasteiger partial charge on any atom is -0.424 e. The Morgan fingerprint density at radius 3 is 2.67 bits per heavy atom. The Morgan fingerprint density at radius 2 is 2.00 bits per heavy atom. The SMILES string of the molecule is CCC(CN=C(c1ccc2oc(N)nc2c1)c1c(C)ncnc1N)C(C)C. The fourth-order valence-corrected chi connectivity index (χ4v) is 3.21. The molecule has 2 heterocycles. The molecule has 0 amide bonds. The van der Waals surface area contributed by atoms with Gasteiger partial charge in [-0.2, -0.15) is 4.98 Å². The Kier molecular flexibility index (Phi) is 5.39. The van der Waals surface area contributed by atoms with Gasteiger partial charge in [-0.25, -0.2) is 9.97 Å². The highest BCUT2D eigenvalue weighted by atomic mass is 16.4. The number of nitrogens with two attached hydrogens (primary N) is 2. The number of aryl methyl sites for hydroxylation is 1. The normalized spacial score (nSPS) is 13.4. The van der Waals surface area contributed by atoms with Gasteiger partial charge in [-0.05, 0) is 37.0 Å². The lowest BCUT2D eigenvalue weighted by atomic mass is 9.93. The zero-order valence-electron chi connectivity index (χ0n) is 16.2. The van der Waals surface area contributed by atoms with Crippen molar-refractivity contribution in [3.05, 3.63) is 41.3 Å². The number of fused-ring (bicyclic) bond motifs is 1. The first-order valence-electron chi connectivity index (χ1n) is 9.19. The Bertz CT molecular complexity index is 956. The molecule has 2 aromatic heterocycles. The van der Waals surface area contributed by atoms with Gasteiger partial charge in [0.05, 0.1) is 17.0 Å². The van der Waals surface area contributed by atoms with Crippen molar-refractivity contribution >= 4 is 28.6 Å². The molecule has 0 aliphatic rings. The fraction of sp³-hybridized carbons (Fsp3) is 0.400. The van der Waals surface area contributed by atoms with E-state index in [9.17, 15) is 0 Å². The van der Waals surface area contributed by atoms with E-state index in [-0.39, 0.29) is 6.01 Å². The number of aliphatic imine (C=N–C) groups is 1. The molecule has 0 spiro atoms. The molecule has 27 heavy (non-hydrogen) atoms. The van der Waals surface area contributed by atoms with E-state index in [1.807, 2.05) is 25.1 Å². The number of oxazole rings is 1. The largest absolute Gasteiger partial charge is 0.424 e. The highest BCUT2D eigenvalue weighted by molar-refractivity contribution is 6.16. The van der Waals surface area contributed by atoms with Crippen LogP contribution in [0.1, 0.15) is 44.0 Å². The van der Waals surface area contributed by atoms with Gasteiger partial charge in [-0.1, -0.05) is 27.2 Å². The van der Waals surface area contributed by atoms with E-state index >= 15 is 0 Å². The van der Waals surface area contributed by atoms with Crippen LogP contribution in [0.5, 0.6) is 0 Å². The molecule has 4 N–H and O–H groups in total. The standard InChI is InChI=1S/C20H26N6O/c1-5-13(11(2)3)9-23-18(17-12(4)24-10-25-19(17)21)14-6-7-16-15(8-14)26-20(22)27-16/h6-8,10-11,13H,5,9H2,1-4H3,(H2,22,26)(H2,21,24,25). The maximum absolute atomic E-state index is 6.19. The molecule has 1 atom stereocenters. The van der Waals surface area contributed by atoms with Crippen LogP contribution in [-0.2, 0) is 0 Å². The van der Waals surface area contributed by atoms with Gasteiger partial charge in [0.2, 0.25) is 0 Å². The van der Waals surface area contributed by atoms with Gasteiger partial charge >= 0.3 is 0 Å². The lowest BCUT2D eigenvalue weighted by Crippen LogP contribution is -2.16. The highest BCUT2D eigenvalue weighted by Gasteiger charge is 2.18. The molecule has 7 heteroatoms. The minimum absolute atomic E-state index is 0.144. The van der Waals surface area contributed by atoms with Gasteiger partial charge in [0.15, 0.2) is 5.58 Å². The molecule has 0 bridgehead atoms. The molecular weight excluding hydrogens is 340 g/mol. The van der Waals surface area contributed by atoms with Gasteiger partial charge in [0.1, 0.15) is 17.7 Å². The van der Waals surface area contributed by atoms with Gasteiger partial charge in [-0.3, -0.25) is 4.99 Å². The number of rotatable bonds is 6. The molecule has 7 nitrogen and oxygen atoms in total. The maximum atomic E-state index is 6.19. The third-order valence-corrected chi connectivity index (χ3v) is 4.93. The average Bonchev–Trinajstić information content (AvgIpc) is 2.99. The summed E-state index contributed by atoms with van der Waals surface area (Å²) in [6, 6.07) is 5.84. The Balaban J connectivity index is 2.13. The Hall–Kier alpha value is -2.96. The van der Waals surface area contributed by atoms with Crippen molar-refractivity contribution in [2.75, 3.05) is 18.0 Å². The van der Waals surface area contributed by atoms with Crippen LogP contribution in [-0.4, -0.2) is 27.2 Å². The predicted octanol–water partition coefficient (Wildman–Crippen LogP) is 3.61. The van der Waals surface area contributed by atoms with E-state index in [1.165, 1.54) is 6.33 Å². The van der Waals surface area contributed by atoms with Gasteiger partial charge < -0.3 is 15.9 Å². The summed E-state index contributed by atoms with van der Waals surface area (Å²) in [7, 11) is 0. The number of benzene rings is 1. The Labute approximate surface area is 158 Å². The smallest absolute Gasteiger partial charge is 0.292 e. The lowest BCUT2D eigenvalue weighted by molar-refractivity contribution is 0.384. The lowest BCUT2D eigenvalue weighted by Gasteiger charge is -2.18. The summed E-state index contributed by atoms with van der Waals surface area (Å²) in [5.74, 6) is 1.44. The van der Waals surface area contributed by atoms with Gasteiger partial charge in [0.25, 0.3) is 6.01 Å². The van der Waals surface area contributed by atoms with E-state index in [4.69, 9.17) is 20.9 Å². The van der Waals surface area contributed by atoms with Crippen molar-refractivity contribution in [2.24, 2.45) is 16.8 Å². The predicted molar refractivity (Wildman–Crippen MR) is 109 cm³/mol. The quantitative estimate of drug-likeness (QED) is 0.644. The van der Waals surface area contributed by atoms with Crippen LogP contribution in [0.3, 0.4) is 0 Å². The van der Waals surface area contributed by atoms with Crippen molar-refractivity contribution in [1.82, 2.24) is 15.0 Å². The summed E-state index contributed by atoms with van der Waals surface area (Å²) in [4.78, 5) is 17.7. The molecule has 0 aliphatic heterocycles. The summed E-state index contributed by atoms with van der Waals surface area (Å²) in [5.41, 5.74) is 16.4. The van der Waals surface area contributed by atoms with Gasteiger partial charge in [-0.15, -0.1) is 0 Å². The maximum Gasteiger partial charge on any atom is 0.292 e. The van der Waals surface area contributed by atoms with Crippen LogP contribution in [0.4, 0.5) is 11.8 Å². The highest BCUT2D eigenvalue weighted by Crippen LogP contribution is 2.24. The third kappa shape index (κ3) is 3.92. The van der Waals surface area contributed by atoms with E-state index in [0.29, 0.717) is 35.3 Å². The second-order valence-corrected chi connectivity index (χ2v) is 7.06. The van der Waals surface area contributed by atoms with Crippen molar-refractivity contribution in [2.45, 2.75) is 34.1 Å². The third-order valence-electron chi connectivity index (χ3n) is 4.93. The topological polar surface area (TPSA) is 116 Å². The molecule has 3 aromatic rings. The molecule has 0 saturated carbocycles. The molecule has 0 saturated heterocycles. The molecule has 1 aromatic carbocycles. The molecule has 1 unspecified atom stereocenters. The number of aromatic nitrogens is 3. The van der Waals surface area contributed by atoms with E-state index in [1.54, 1.807) is 0 Å². The summed E-state index contributed by atoms with van der Waals surface area (Å²) in [6.07, 6.45) is 2.53. The fourth-order valence-electron chi connectivity index (χ4n) is 3.21. The van der Waals surface area contributed by atoms with Crippen molar-refractivity contribution in [3.63, 3.8) is 0 Å². The van der Waals surface area contributed by atoms with Crippen molar-refractivity contribution in [1.29, 1.82) is 0 Å². The molecular formula is C20H26N6O. The first-order valence-corrected chi connectivity index (χ1v) is 9.19. The second-order valence-electron chi connectivity index (χ2n) is 7.06. The molecule has 0 radical (unpaired) electrons. The van der Waals surface area contributed by atoms with Crippen LogP contribution in [0, 0.1) is 18.8 Å². The second kappa shape index (κ2) is 7.73. The molecule has 0 fully saturated rings. The molecule has 3 rings (SSSR count). The summed E-state index contributed by atoms with van der Waals surface area (Å²) < 4.78 is 5.38. The van der Waals surface area contributed by atoms with Crippen molar-refractivity contribution < 1.29 is 4.42 Å². The van der Waals surface area contributed by atoms with Crippen LogP contribution in [0.2, 0.25) is 0 Å². The monoisotopic (exact) mass is 366 g/mol.